The molecule has 8 heteroatoms. The fourth-order valence-electron chi connectivity index (χ4n) is 4.84. The number of nitrogens with one attached hydrogen (secondary N) is 4. The molecule has 0 spiro atoms. The predicted octanol–water partition coefficient (Wildman–Crippen LogP) is 6.64. The Morgan fingerprint density at radius 2 is 1.95 bits per heavy atom. The Balaban J connectivity index is 1.27. The number of aromatic amines is 2. The van der Waals surface area contributed by atoms with Gasteiger partial charge in [0.1, 0.15) is 11.7 Å². The predicted molar refractivity (Wildman–Crippen MR) is 153 cm³/mol. The molecule has 1 aliphatic heterocycles. The molecule has 0 radical (unpaired) electrons. The summed E-state index contributed by atoms with van der Waals surface area (Å²) in [5.74, 6) is -0.0466. The maximum absolute atomic E-state index is 12.5. The number of thiophene rings is 1. The van der Waals surface area contributed by atoms with Crippen LogP contribution in [0.3, 0.4) is 0 Å². The van der Waals surface area contributed by atoms with Crippen molar-refractivity contribution in [3.05, 3.63) is 94.2 Å². The first-order chi connectivity index (χ1) is 18.3. The van der Waals surface area contributed by atoms with Crippen LogP contribution < -0.4 is 10.6 Å². The van der Waals surface area contributed by atoms with Crippen molar-refractivity contribution in [1.82, 2.24) is 25.5 Å². The summed E-state index contributed by atoms with van der Waals surface area (Å²) in [6.07, 6.45) is 7.87. The van der Waals surface area contributed by atoms with E-state index in [1.54, 1.807) is 17.5 Å². The molecule has 2 aliphatic rings. The summed E-state index contributed by atoms with van der Waals surface area (Å²) in [5.41, 5.74) is 9.73. The molecule has 1 aromatic carbocycles. The van der Waals surface area contributed by atoms with Gasteiger partial charge in [-0.1, -0.05) is 39.0 Å². The first kappa shape index (κ1) is 22.7. The van der Waals surface area contributed by atoms with Crippen molar-refractivity contribution in [2.45, 2.75) is 26.8 Å². The van der Waals surface area contributed by atoms with Gasteiger partial charge in [0.25, 0.3) is 0 Å². The third-order valence-electron chi connectivity index (χ3n) is 7.01. The van der Waals surface area contributed by atoms with Crippen LogP contribution in [-0.4, -0.2) is 26.1 Å². The lowest BCUT2D eigenvalue weighted by Crippen LogP contribution is -2.27. The van der Waals surface area contributed by atoms with Gasteiger partial charge in [0.15, 0.2) is 0 Å². The molecule has 4 aromatic heterocycles. The topological polar surface area (TPSA) is 108 Å². The molecular formula is C30H26N6OS. The van der Waals surface area contributed by atoms with Crippen LogP contribution >= 0.6 is 11.3 Å². The van der Waals surface area contributed by atoms with Gasteiger partial charge in [0.05, 0.1) is 28.8 Å². The average Bonchev–Trinajstić information content (AvgIpc) is 3.24. The molecule has 1 fully saturated rings. The van der Waals surface area contributed by atoms with Gasteiger partial charge in [-0.25, -0.2) is 0 Å². The Kier molecular flexibility index (Phi) is 4.96. The van der Waals surface area contributed by atoms with E-state index in [0.717, 1.165) is 33.4 Å². The van der Waals surface area contributed by atoms with Crippen LogP contribution in [0.2, 0.25) is 0 Å². The second-order valence-electron chi connectivity index (χ2n) is 10.8. The van der Waals surface area contributed by atoms with Crippen molar-refractivity contribution in [2.24, 2.45) is 5.41 Å². The molecule has 7 nitrogen and oxygen atoms in total. The van der Waals surface area contributed by atoms with E-state index in [-0.39, 0.29) is 11.9 Å². The number of H-pyrrole nitrogens is 2. The molecule has 7 rings (SSSR count). The van der Waals surface area contributed by atoms with Gasteiger partial charge in [0, 0.05) is 44.3 Å². The molecule has 188 valence electrons. The molecular weight excluding hydrogens is 492 g/mol. The first-order valence-electron chi connectivity index (χ1n) is 12.6. The standard InChI is InChI=1S/C30H26N6OS/c1-30(2,3)29(37)32-18-11-17(14-31-15-18)16-6-8-22-21(12-16)26(36-35-22)24-13-20-19(25-5-4-10-38-25)7-9-23-28(33-23)27(20)34-24/h4-15,28,33-34H,1-3H3,(H,32,37)(H,35,36). The van der Waals surface area contributed by atoms with E-state index in [1.165, 1.54) is 27.4 Å². The number of amides is 1. The van der Waals surface area contributed by atoms with Gasteiger partial charge < -0.3 is 15.6 Å². The van der Waals surface area contributed by atoms with E-state index in [4.69, 9.17) is 5.10 Å². The first-order valence-corrected chi connectivity index (χ1v) is 13.4. The molecule has 0 bridgehead atoms. The molecule has 0 saturated carbocycles. The molecule has 1 saturated heterocycles. The third kappa shape index (κ3) is 3.85. The SMILES string of the molecule is CC(C)(C)C(=O)Nc1cncc(-c2ccc3[nH]nc(-c4cc5c([nH]4)C4NC4=CC=C5c4cccs4)c3c2)c1. The van der Waals surface area contributed by atoms with Crippen molar-refractivity contribution in [1.29, 1.82) is 0 Å². The smallest absolute Gasteiger partial charge is 0.229 e. The Morgan fingerprint density at radius 1 is 1.05 bits per heavy atom. The molecule has 38 heavy (non-hydrogen) atoms. The van der Waals surface area contributed by atoms with Crippen molar-refractivity contribution in [3.8, 4) is 22.5 Å². The summed E-state index contributed by atoms with van der Waals surface area (Å²) in [6, 6.07) is 14.8. The minimum absolute atomic E-state index is 0.0466. The summed E-state index contributed by atoms with van der Waals surface area (Å²) in [6.45, 7) is 5.68. The van der Waals surface area contributed by atoms with Crippen LogP contribution in [0.15, 0.2) is 78.1 Å². The minimum Gasteiger partial charge on any atom is -0.373 e. The fraction of sp³-hybridized carbons (Fsp3) is 0.167. The maximum atomic E-state index is 12.5. The number of hydrogen-bond donors (Lipinski definition) is 4. The van der Waals surface area contributed by atoms with Gasteiger partial charge in [-0.3, -0.25) is 14.9 Å². The highest BCUT2D eigenvalue weighted by atomic mass is 32.1. The molecule has 5 aromatic rings. The highest BCUT2D eigenvalue weighted by molar-refractivity contribution is 7.11. The number of nitrogens with zero attached hydrogens (tertiary/aromatic N) is 2. The zero-order valence-corrected chi connectivity index (χ0v) is 22.0. The van der Waals surface area contributed by atoms with E-state index >= 15 is 0 Å². The molecule has 1 unspecified atom stereocenters. The van der Waals surface area contributed by atoms with Crippen molar-refractivity contribution < 1.29 is 4.79 Å². The minimum atomic E-state index is -0.486. The number of fused-ring (bicyclic) bond motifs is 4. The third-order valence-corrected chi connectivity index (χ3v) is 7.91. The lowest BCUT2D eigenvalue weighted by molar-refractivity contribution is -0.123. The summed E-state index contributed by atoms with van der Waals surface area (Å²) in [5, 5.41) is 17.5. The molecule has 1 aliphatic carbocycles. The molecule has 1 atom stereocenters. The van der Waals surface area contributed by atoms with Crippen molar-refractivity contribution in [2.75, 3.05) is 5.32 Å². The normalized spacial score (nSPS) is 16.1. The second kappa shape index (κ2) is 8.29. The Bertz CT molecular complexity index is 1780. The van der Waals surface area contributed by atoms with Gasteiger partial charge in [-0.15, -0.1) is 11.3 Å². The number of pyridine rings is 1. The second-order valence-corrected chi connectivity index (χ2v) is 11.7. The summed E-state index contributed by atoms with van der Waals surface area (Å²) in [4.78, 5) is 21.8. The summed E-state index contributed by atoms with van der Waals surface area (Å²) >= 11 is 1.75. The van der Waals surface area contributed by atoms with Crippen molar-refractivity contribution in [3.63, 3.8) is 0 Å². The number of benzene rings is 1. The Labute approximate surface area is 223 Å². The quantitative estimate of drug-likeness (QED) is 0.200. The molecule has 5 heterocycles. The van der Waals surface area contributed by atoms with E-state index in [0.29, 0.717) is 5.69 Å². The monoisotopic (exact) mass is 518 g/mol. The Morgan fingerprint density at radius 3 is 2.76 bits per heavy atom. The van der Waals surface area contributed by atoms with Crippen LogP contribution in [0, 0.1) is 5.41 Å². The van der Waals surface area contributed by atoms with Crippen molar-refractivity contribution >= 4 is 39.4 Å². The number of allylic oxidation sites excluding steroid dienone is 2. The summed E-state index contributed by atoms with van der Waals surface area (Å²) < 4.78 is 0. The van der Waals surface area contributed by atoms with Crippen LogP contribution in [0.4, 0.5) is 5.69 Å². The highest BCUT2D eigenvalue weighted by Gasteiger charge is 2.36. The number of carbonyl (C=O) groups excluding carboxylic acids is 1. The molecule has 4 N–H and O–H groups in total. The molecule has 1 amide bonds. The van der Waals surface area contributed by atoms with Crippen LogP contribution in [0.25, 0.3) is 39.0 Å². The van der Waals surface area contributed by atoms with E-state index < -0.39 is 5.41 Å². The maximum Gasteiger partial charge on any atom is 0.229 e. The lowest BCUT2D eigenvalue weighted by atomic mass is 9.95. The number of hydrogen-bond acceptors (Lipinski definition) is 5. The summed E-state index contributed by atoms with van der Waals surface area (Å²) in [7, 11) is 0. The van der Waals surface area contributed by atoms with E-state index in [1.807, 2.05) is 45.2 Å². The van der Waals surface area contributed by atoms with E-state index in [2.05, 4.69) is 67.5 Å². The van der Waals surface area contributed by atoms with E-state index in [9.17, 15) is 4.79 Å². The number of aromatic nitrogens is 4. The lowest BCUT2D eigenvalue weighted by Gasteiger charge is -2.17. The largest absolute Gasteiger partial charge is 0.373 e. The van der Waals surface area contributed by atoms with Crippen LogP contribution in [-0.2, 0) is 4.79 Å². The van der Waals surface area contributed by atoms with Crippen LogP contribution in [0.5, 0.6) is 0 Å². The van der Waals surface area contributed by atoms with Gasteiger partial charge >= 0.3 is 0 Å². The zero-order chi connectivity index (χ0) is 26.0. The Hall–Kier alpha value is -4.43. The number of anilines is 1. The highest BCUT2D eigenvalue weighted by Crippen LogP contribution is 2.44. The zero-order valence-electron chi connectivity index (χ0n) is 21.2. The number of rotatable bonds is 4. The van der Waals surface area contributed by atoms with Gasteiger partial charge in [0.2, 0.25) is 5.91 Å². The van der Waals surface area contributed by atoms with Crippen LogP contribution in [0.1, 0.15) is 42.9 Å². The average molecular weight is 519 g/mol. The fourth-order valence-corrected chi connectivity index (χ4v) is 5.60. The number of carbonyl (C=O) groups is 1. The van der Waals surface area contributed by atoms with Gasteiger partial charge in [-0.2, -0.15) is 5.10 Å². The van der Waals surface area contributed by atoms with Gasteiger partial charge in [-0.05, 0) is 47.4 Å².